The monoisotopic (exact) mass is 306 g/mol. The van der Waals surface area contributed by atoms with Crippen molar-refractivity contribution in [1.82, 2.24) is 0 Å². The highest BCUT2D eigenvalue weighted by Crippen LogP contribution is 2.22. The Kier molecular flexibility index (Phi) is 8.02. The number of ketones is 1. The quantitative estimate of drug-likeness (QED) is 0.520. The lowest BCUT2D eigenvalue weighted by Gasteiger charge is -2.06. The summed E-state index contributed by atoms with van der Waals surface area (Å²) in [7, 11) is 1.61. The van der Waals surface area contributed by atoms with Crippen molar-refractivity contribution < 1.29 is 19.0 Å². The number of benzene rings is 1. The Morgan fingerprint density at radius 2 is 1.74 bits per heavy atom. The van der Waals surface area contributed by atoms with Gasteiger partial charge in [0.05, 0.1) is 36.5 Å². The Morgan fingerprint density at radius 1 is 1.05 bits per heavy atom. The summed E-state index contributed by atoms with van der Waals surface area (Å²) in [6.45, 7) is 1.84. The second-order valence-corrected chi connectivity index (χ2v) is 4.52. The molecule has 0 saturated heterocycles. The molecular formula is C13H16Cl2O4. The molecule has 0 aliphatic rings. The first-order valence-corrected chi connectivity index (χ1v) is 6.53. The fraction of sp³-hybridized carbons (Fsp3) is 0.462. The third-order valence-electron chi connectivity index (χ3n) is 2.28. The van der Waals surface area contributed by atoms with Crippen LogP contribution in [0.25, 0.3) is 0 Å². The Morgan fingerprint density at radius 3 is 2.42 bits per heavy atom. The molecule has 1 aromatic carbocycles. The number of halogens is 2. The third-order valence-corrected chi connectivity index (χ3v) is 3.02. The second-order valence-electron chi connectivity index (χ2n) is 3.71. The first kappa shape index (κ1) is 16.4. The highest BCUT2D eigenvalue weighted by atomic mass is 35.5. The minimum absolute atomic E-state index is 0.00833. The topological polar surface area (TPSA) is 44.8 Å². The number of methoxy groups -OCH3 is 1. The molecule has 19 heavy (non-hydrogen) atoms. The number of hydrogen-bond donors (Lipinski definition) is 0. The standard InChI is InChI=1S/C13H16Cl2O4/c1-17-4-5-18-6-7-19-9-13(16)10-2-3-11(14)12(15)8-10/h2-3,8H,4-7,9H2,1H3. The minimum atomic E-state index is -0.143. The first-order valence-electron chi connectivity index (χ1n) is 5.78. The fourth-order valence-electron chi connectivity index (χ4n) is 1.28. The molecule has 0 spiro atoms. The Hall–Kier alpha value is -0.650. The molecule has 1 aromatic rings. The summed E-state index contributed by atoms with van der Waals surface area (Å²) in [5, 5.41) is 0.779. The van der Waals surface area contributed by atoms with Crippen molar-refractivity contribution in [3.8, 4) is 0 Å². The molecule has 106 valence electrons. The van der Waals surface area contributed by atoms with Crippen LogP contribution in [0.15, 0.2) is 18.2 Å². The molecule has 0 amide bonds. The zero-order valence-electron chi connectivity index (χ0n) is 10.7. The van der Waals surface area contributed by atoms with Crippen molar-refractivity contribution in [2.45, 2.75) is 0 Å². The van der Waals surface area contributed by atoms with Crippen molar-refractivity contribution >= 4 is 29.0 Å². The van der Waals surface area contributed by atoms with Gasteiger partial charge >= 0.3 is 0 Å². The van der Waals surface area contributed by atoms with Gasteiger partial charge in [0, 0.05) is 12.7 Å². The van der Waals surface area contributed by atoms with E-state index in [-0.39, 0.29) is 12.4 Å². The summed E-state index contributed by atoms with van der Waals surface area (Å²) in [5.74, 6) is -0.143. The number of ether oxygens (including phenoxy) is 3. The van der Waals surface area contributed by atoms with E-state index in [2.05, 4.69) is 0 Å². The van der Waals surface area contributed by atoms with Gasteiger partial charge in [-0.3, -0.25) is 4.79 Å². The maximum atomic E-state index is 11.8. The van der Waals surface area contributed by atoms with Crippen LogP contribution >= 0.6 is 23.2 Å². The average molecular weight is 307 g/mol. The van der Waals surface area contributed by atoms with Gasteiger partial charge in [0.15, 0.2) is 5.78 Å². The molecule has 0 aliphatic heterocycles. The molecule has 0 radical (unpaired) electrons. The summed E-state index contributed by atoms with van der Waals surface area (Å²) in [6, 6.07) is 4.74. The van der Waals surface area contributed by atoms with E-state index < -0.39 is 0 Å². The second kappa shape index (κ2) is 9.28. The largest absolute Gasteiger partial charge is 0.382 e. The van der Waals surface area contributed by atoms with Gasteiger partial charge in [0.1, 0.15) is 6.61 Å². The number of hydrogen-bond acceptors (Lipinski definition) is 4. The summed E-state index contributed by atoms with van der Waals surface area (Å²) >= 11 is 11.6. The molecule has 0 atom stereocenters. The van der Waals surface area contributed by atoms with E-state index in [1.807, 2.05) is 0 Å². The van der Waals surface area contributed by atoms with Crippen LogP contribution in [0.1, 0.15) is 10.4 Å². The lowest BCUT2D eigenvalue weighted by molar-refractivity contribution is 0.0253. The van der Waals surface area contributed by atoms with Gasteiger partial charge in [-0.2, -0.15) is 0 Å². The molecule has 0 heterocycles. The summed E-state index contributed by atoms with van der Waals surface area (Å²) < 4.78 is 15.2. The maximum absolute atomic E-state index is 11.8. The molecule has 0 aromatic heterocycles. The number of Topliss-reactive ketones (excluding diaryl/α,β-unsaturated/α-hetero) is 1. The maximum Gasteiger partial charge on any atom is 0.188 e. The van der Waals surface area contributed by atoms with Gasteiger partial charge in [0.2, 0.25) is 0 Å². The van der Waals surface area contributed by atoms with E-state index in [1.54, 1.807) is 19.2 Å². The molecule has 0 saturated carbocycles. The van der Waals surface area contributed by atoms with Gasteiger partial charge < -0.3 is 14.2 Å². The van der Waals surface area contributed by atoms with Gasteiger partial charge in [-0.25, -0.2) is 0 Å². The van der Waals surface area contributed by atoms with E-state index in [9.17, 15) is 4.79 Å². The van der Waals surface area contributed by atoms with Crippen molar-refractivity contribution in [3.05, 3.63) is 33.8 Å². The average Bonchev–Trinajstić information content (AvgIpc) is 2.40. The van der Waals surface area contributed by atoms with Gasteiger partial charge in [-0.15, -0.1) is 0 Å². The molecule has 0 unspecified atom stereocenters. The van der Waals surface area contributed by atoms with Gasteiger partial charge in [-0.05, 0) is 18.2 Å². The van der Waals surface area contributed by atoms with Crippen molar-refractivity contribution in [2.24, 2.45) is 0 Å². The molecule has 0 bridgehead atoms. The van der Waals surface area contributed by atoms with Crippen LogP contribution in [0, 0.1) is 0 Å². The first-order chi connectivity index (χ1) is 9.15. The van der Waals surface area contributed by atoms with Crippen LogP contribution in [0.3, 0.4) is 0 Å². The van der Waals surface area contributed by atoms with Crippen LogP contribution in [-0.4, -0.2) is 45.9 Å². The Bertz CT molecular complexity index is 410. The number of rotatable bonds is 9. The van der Waals surface area contributed by atoms with Crippen LogP contribution in [-0.2, 0) is 14.2 Å². The predicted octanol–water partition coefficient (Wildman–Crippen LogP) is 2.86. The van der Waals surface area contributed by atoms with Crippen LogP contribution in [0.5, 0.6) is 0 Å². The Labute approximate surface area is 122 Å². The molecule has 6 heteroatoms. The van der Waals surface area contributed by atoms with E-state index in [1.165, 1.54) is 6.07 Å². The SMILES string of the molecule is COCCOCCOCC(=O)c1ccc(Cl)c(Cl)c1. The third kappa shape index (κ3) is 6.36. The van der Waals surface area contributed by atoms with Gasteiger partial charge in [-0.1, -0.05) is 23.2 Å². The fourth-order valence-corrected chi connectivity index (χ4v) is 1.58. The molecule has 4 nitrogen and oxygen atoms in total. The van der Waals surface area contributed by atoms with Crippen LogP contribution in [0.2, 0.25) is 10.0 Å². The lowest BCUT2D eigenvalue weighted by atomic mass is 10.1. The van der Waals surface area contributed by atoms with Crippen molar-refractivity contribution in [2.75, 3.05) is 40.1 Å². The minimum Gasteiger partial charge on any atom is -0.382 e. The van der Waals surface area contributed by atoms with Crippen molar-refractivity contribution in [3.63, 3.8) is 0 Å². The van der Waals surface area contributed by atoms with E-state index >= 15 is 0 Å². The summed E-state index contributed by atoms with van der Waals surface area (Å²) in [4.78, 5) is 11.8. The zero-order valence-corrected chi connectivity index (χ0v) is 12.2. The highest BCUT2D eigenvalue weighted by Gasteiger charge is 2.08. The molecule has 0 fully saturated rings. The van der Waals surface area contributed by atoms with E-state index in [0.29, 0.717) is 42.0 Å². The van der Waals surface area contributed by atoms with Crippen molar-refractivity contribution in [1.29, 1.82) is 0 Å². The smallest absolute Gasteiger partial charge is 0.188 e. The number of carbonyl (C=O) groups is 1. The molecule has 0 aliphatic carbocycles. The summed E-state index contributed by atoms with van der Waals surface area (Å²) in [6.07, 6.45) is 0. The molecule has 0 N–H and O–H groups in total. The van der Waals surface area contributed by atoms with Crippen LogP contribution < -0.4 is 0 Å². The van der Waals surface area contributed by atoms with Crippen LogP contribution in [0.4, 0.5) is 0 Å². The van der Waals surface area contributed by atoms with E-state index in [0.717, 1.165) is 0 Å². The summed E-state index contributed by atoms with van der Waals surface area (Å²) in [5.41, 5.74) is 0.481. The molecular weight excluding hydrogens is 291 g/mol. The number of carbonyl (C=O) groups excluding carboxylic acids is 1. The predicted molar refractivity (Wildman–Crippen MR) is 74.3 cm³/mol. The highest BCUT2D eigenvalue weighted by molar-refractivity contribution is 6.42. The lowest BCUT2D eigenvalue weighted by Crippen LogP contribution is -2.13. The van der Waals surface area contributed by atoms with E-state index in [4.69, 9.17) is 37.4 Å². The van der Waals surface area contributed by atoms with Gasteiger partial charge in [0.25, 0.3) is 0 Å². The molecule has 1 rings (SSSR count). The normalized spacial score (nSPS) is 10.7. The zero-order chi connectivity index (χ0) is 14.1. The Balaban J connectivity index is 2.22.